The normalized spacial score (nSPS) is 15.8. The molecule has 1 aliphatic carbocycles. The number of amides is 1. The maximum Gasteiger partial charge on any atom is 0.261 e. The monoisotopic (exact) mass is 277 g/mol. The molecule has 2 N–H and O–H groups in total. The summed E-state index contributed by atoms with van der Waals surface area (Å²) < 4.78 is 0. The van der Waals surface area contributed by atoms with E-state index in [4.69, 9.17) is 0 Å². The fourth-order valence-corrected chi connectivity index (χ4v) is 3.44. The molecule has 3 rings (SSSR count). The molecule has 0 spiro atoms. The Bertz CT molecular complexity index is 553. The highest BCUT2D eigenvalue weighted by Crippen LogP contribution is 2.29. The third-order valence-electron chi connectivity index (χ3n) is 3.32. The third kappa shape index (κ3) is 2.51. The molecule has 100 valence electrons. The Kier molecular flexibility index (Phi) is 3.29. The fraction of sp³-hybridized carbons (Fsp3) is 0.500. The lowest BCUT2D eigenvalue weighted by atomic mass is 9.99. The second-order valence-electron chi connectivity index (χ2n) is 4.73. The van der Waals surface area contributed by atoms with Crippen LogP contribution in [0.15, 0.2) is 6.07 Å². The molecule has 2 aromatic rings. The zero-order valence-electron chi connectivity index (χ0n) is 10.6. The molecule has 0 bridgehead atoms. The number of carbonyl (C=O) groups excluding carboxylic acids is 1. The summed E-state index contributed by atoms with van der Waals surface area (Å²) in [4.78, 5) is 14.3. The molecule has 1 atom stereocenters. The van der Waals surface area contributed by atoms with Gasteiger partial charge in [0, 0.05) is 4.88 Å². The summed E-state index contributed by atoms with van der Waals surface area (Å²) in [5.41, 5.74) is 1.34. The van der Waals surface area contributed by atoms with Crippen LogP contribution in [0.2, 0.25) is 0 Å². The zero-order valence-corrected chi connectivity index (χ0v) is 11.5. The van der Waals surface area contributed by atoms with Crippen LogP contribution in [0.3, 0.4) is 0 Å². The first-order chi connectivity index (χ1) is 9.24. The van der Waals surface area contributed by atoms with Crippen LogP contribution in [0.4, 0.5) is 0 Å². The van der Waals surface area contributed by atoms with Gasteiger partial charge in [-0.2, -0.15) is 5.21 Å². The van der Waals surface area contributed by atoms with E-state index in [1.54, 1.807) is 11.3 Å². The van der Waals surface area contributed by atoms with E-state index in [1.807, 2.05) is 13.0 Å². The van der Waals surface area contributed by atoms with Crippen LogP contribution < -0.4 is 5.32 Å². The Hall–Kier alpha value is -1.76. The molecular weight excluding hydrogens is 262 g/mol. The van der Waals surface area contributed by atoms with Gasteiger partial charge in [-0.15, -0.1) is 21.5 Å². The SMILES string of the molecule is CC(NC(=O)c1cc2c(s1)CCCC2)c1nn[nH]n1. The maximum absolute atomic E-state index is 12.2. The summed E-state index contributed by atoms with van der Waals surface area (Å²) in [6.45, 7) is 1.84. The van der Waals surface area contributed by atoms with Gasteiger partial charge in [0.1, 0.15) is 0 Å². The number of H-pyrrole nitrogens is 1. The molecule has 0 saturated carbocycles. The number of aryl methyl sites for hydroxylation is 2. The van der Waals surface area contributed by atoms with Crippen molar-refractivity contribution in [1.82, 2.24) is 25.9 Å². The number of tetrazole rings is 1. The number of thiophene rings is 1. The molecule has 7 heteroatoms. The van der Waals surface area contributed by atoms with Crippen LogP contribution in [0.5, 0.6) is 0 Å². The van der Waals surface area contributed by atoms with Gasteiger partial charge in [-0.25, -0.2) is 0 Å². The minimum absolute atomic E-state index is 0.0586. The number of hydrogen-bond donors (Lipinski definition) is 2. The van der Waals surface area contributed by atoms with Crippen LogP contribution >= 0.6 is 11.3 Å². The molecule has 0 fully saturated rings. The Morgan fingerprint density at radius 3 is 3.05 bits per heavy atom. The summed E-state index contributed by atoms with van der Waals surface area (Å²) in [7, 11) is 0. The van der Waals surface area contributed by atoms with E-state index in [2.05, 4.69) is 25.9 Å². The van der Waals surface area contributed by atoms with Crippen molar-refractivity contribution in [3.63, 3.8) is 0 Å². The second kappa shape index (κ2) is 5.08. The molecule has 0 aliphatic heterocycles. The van der Waals surface area contributed by atoms with Gasteiger partial charge < -0.3 is 5.32 Å². The van der Waals surface area contributed by atoms with E-state index in [9.17, 15) is 4.79 Å². The summed E-state index contributed by atoms with van der Waals surface area (Å²) in [6.07, 6.45) is 4.66. The number of rotatable bonds is 3. The lowest BCUT2D eigenvalue weighted by Gasteiger charge is -2.08. The highest BCUT2D eigenvalue weighted by atomic mass is 32.1. The molecule has 6 nitrogen and oxygen atoms in total. The van der Waals surface area contributed by atoms with Crippen molar-refractivity contribution >= 4 is 17.2 Å². The van der Waals surface area contributed by atoms with Crippen LogP contribution in [-0.4, -0.2) is 26.5 Å². The van der Waals surface area contributed by atoms with Crippen molar-refractivity contribution in [3.05, 3.63) is 27.2 Å². The Balaban J connectivity index is 1.72. The quantitative estimate of drug-likeness (QED) is 0.893. The first kappa shape index (κ1) is 12.3. The Morgan fingerprint density at radius 2 is 2.32 bits per heavy atom. The number of nitrogens with zero attached hydrogens (tertiary/aromatic N) is 3. The predicted molar refractivity (Wildman–Crippen MR) is 71.0 cm³/mol. The van der Waals surface area contributed by atoms with Gasteiger partial charge in [0.05, 0.1) is 10.9 Å². The first-order valence-corrected chi connectivity index (χ1v) is 7.21. The van der Waals surface area contributed by atoms with E-state index in [-0.39, 0.29) is 11.9 Å². The van der Waals surface area contributed by atoms with Crippen molar-refractivity contribution in [1.29, 1.82) is 0 Å². The average molecular weight is 277 g/mol. The van der Waals surface area contributed by atoms with Gasteiger partial charge in [-0.3, -0.25) is 4.79 Å². The largest absolute Gasteiger partial charge is 0.341 e. The van der Waals surface area contributed by atoms with Gasteiger partial charge in [0.25, 0.3) is 5.91 Å². The number of fused-ring (bicyclic) bond motifs is 1. The highest BCUT2D eigenvalue weighted by Gasteiger charge is 2.19. The van der Waals surface area contributed by atoms with Gasteiger partial charge >= 0.3 is 0 Å². The smallest absolute Gasteiger partial charge is 0.261 e. The molecule has 0 saturated heterocycles. The summed E-state index contributed by atoms with van der Waals surface area (Å²) in [6, 6.07) is 1.78. The molecule has 0 radical (unpaired) electrons. The summed E-state index contributed by atoms with van der Waals surface area (Å²) >= 11 is 1.61. The van der Waals surface area contributed by atoms with Gasteiger partial charge in [-0.1, -0.05) is 5.21 Å². The number of nitrogens with one attached hydrogen (secondary N) is 2. The number of hydrogen-bond acceptors (Lipinski definition) is 5. The highest BCUT2D eigenvalue weighted by molar-refractivity contribution is 7.14. The molecule has 1 aliphatic rings. The predicted octanol–water partition coefficient (Wildman–Crippen LogP) is 1.63. The Morgan fingerprint density at radius 1 is 1.47 bits per heavy atom. The van der Waals surface area contributed by atoms with Crippen molar-refractivity contribution in [3.8, 4) is 0 Å². The molecule has 0 aromatic carbocycles. The van der Waals surface area contributed by atoms with E-state index >= 15 is 0 Å². The lowest BCUT2D eigenvalue weighted by molar-refractivity contribution is 0.0942. The van der Waals surface area contributed by atoms with E-state index in [0.717, 1.165) is 17.7 Å². The fourth-order valence-electron chi connectivity index (χ4n) is 2.29. The average Bonchev–Trinajstić information content (AvgIpc) is 3.07. The van der Waals surface area contributed by atoms with Gasteiger partial charge in [0.15, 0.2) is 5.82 Å². The van der Waals surface area contributed by atoms with Crippen molar-refractivity contribution < 1.29 is 4.79 Å². The third-order valence-corrected chi connectivity index (χ3v) is 4.55. The summed E-state index contributed by atoms with van der Waals surface area (Å²) in [5, 5.41) is 16.5. The van der Waals surface area contributed by atoms with Crippen LogP contribution in [0.1, 0.15) is 51.7 Å². The molecular formula is C12H15N5OS. The van der Waals surface area contributed by atoms with Crippen molar-refractivity contribution in [2.45, 2.75) is 38.6 Å². The molecule has 1 unspecified atom stereocenters. The standard InChI is InChI=1S/C12H15N5OS/c1-7(11-14-16-17-15-11)13-12(18)10-6-8-4-2-3-5-9(8)19-10/h6-7H,2-5H2,1H3,(H,13,18)(H,14,15,16,17). The van der Waals surface area contributed by atoms with Crippen LogP contribution in [0.25, 0.3) is 0 Å². The van der Waals surface area contributed by atoms with E-state index in [1.165, 1.54) is 23.3 Å². The van der Waals surface area contributed by atoms with E-state index < -0.39 is 0 Å². The maximum atomic E-state index is 12.2. The van der Waals surface area contributed by atoms with Crippen molar-refractivity contribution in [2.75, 3.05) is 0 Å². The zero-order chi connectivity index (χ0) is 13.2. The number of carbonyl (C=O) groups is 1. The first-order valence-electron chi connectivity index (χ1n) is 6.40. The minimum Gasteiger partial charge on any atom is -0.341 e. The van der Waals surface area contributed by atoms with Gasteiger partial charge in [0.2, 0.25) is 0 Å². The Labute approximate surface area is 114 Å². The minimum atomic E-state index is -0.245. The summed E-state index contributed by atoms with van der Waals surface area (Å²) in [5.74, 6) is 0.436. The number of aromatic amines is 1. The number of aromatic nitrogens is 4. The second-order valence-corrected chi connectivity index (χ2v) is 5.87. The lowest BCUT2D eigenvalue weighted by Crippen LogP contribution is -2.26. The molecule has 2 heterocycles. The molecule has 1 amide bonds. The van der Waals surface area contributed by atoms with Gasteiger partial charge in [-0.05, 0) is 44.2 Å². The molecule has 19 heavy (non-hydrogen) atoms. The van der Waals surface area contributed by atoms with E-state index in [0.29, 0.717) is 5.82 Å². The topological polar surface area (TPSA) is 83.6 Å². The van der Waals surface area contributed by atoms with Crippen molar-refractivity contribution in [2.24, 2.45) is 0 Å². The van der Waals surface area contributed by atoms with Crippen LogP contribution in [0, 0.1) is 0 Å². The molecule has 2 aromatic heterocycles. The van der Waals surface area contributed by atoms with Crippen LogP contribution in [-0.2, 0) is 12.8 Å².